The maximum absolute atomic E-state index is 14.4. The molecule has 54 heavy (non-hydrogen) atoms. The molecule has 8 rings (SSSR count). The molecule has 0 aliphatic heterocycles. The van der Waals surface area contributed by atoms with Gasteiger partial charge in [0.1, 0.15) is 36.2 Å². The summed E-state index contributed by atoms with van der Waals surface area (Å²) in [5, 5.41) is 0. The normalized spacial score (nSPS) is 12.8. The van der Waals surface area contributed by atoms with Crippen molar-refractivity contribution in [1.29, 1.82) is 0 Å². The number of fused-ring (bicyclic) bond motifs is 6. The van der Waals surface area contributed by atoms with E-state index in [1.165, 1.54) is 0 Å². The lowest BCUT2D eigenvalue weighted by atomic mass is 9.81. The van der Waals surface area contributed by atoms with E-state index in [0.29, 0.717) is 63.2 Å². The zero-order valence-corrected chi connectivity index (χ0v) is 31.2. The molecule has 0 amide bonds. The van der Waals surface area contributed by atoms with E-state index in [2.05, 4.69) is 86.6 Å². The number of hydrogen-bond acceptors (Lipinski definition) is 5. The summed E-state index contributed by atoms with van der Waals surface area (Å²) in [7, 11) is 0. The SMILES string of the molecule is CCCOc1c2cccc1Cc1ccc3c(c1OCc1ccccc1)Cc1c(ccc(c1OCCC)Cc1cccc(c1OCc1ccccc1)C2)C3=O. The quantitative estimate of drug-likeness (QED) is 0.126. The molecule has 0 heterocycles. The van der Waals surface area contributed by atoms with Crippen LogP contribution in [0.4, 0.5) is 0 Å². The van der Waals surface area contributed by atoms with E-state index in [0.717, 1.165) is 91.5 Å². The fourth-order valence-electron chi connectivity index (χ4n) is 7.78. The van der Waals surface area contributed by atoms with Gasteiger partial charge in [-0.2, -0.15) is 0 Å². The second-order valence-corrected chi connectivity index (χ2v) is 14.3. The minimum absolute atomic E-state index is 0.000720. The van der Waals surface area contributed by atoms with Crippen molar-refractivity contribution in [2.75, 3.05) is 13.2 Å². The number of ketones is 1. The predicted molar refractivity (Wildman–Crippen MR) is 214 cm³/mol. The van der Waals surface area contributed by atoms with Crippen LogP contribution in [0.2, 0.25) is 0 Å². The van der Waals surface area contributed by atoms with Crippen LogP contribution < -0.4 is 18.9 Å². The fraction of sp³-hybridized carbons (Fsp3) is 0.245. The molecular weight excluding hydrogens is 669 g/mol. The molecule has 2 aliphatic rings. The van der Waals surface area contributed by atoms with Crippen molar-refractivity contribution in [3.05, 3.63) is 188 Å². The monoisotopic (exact) mass is 714 g/mol. The summed E-state index contributed by atoms with van der Waals surface area (Å²) in [6, 6.07) is 41.6. The number of rotatable bonds is 12. The van der Waals surface area contributed by atoms with Gasteiger partial charge in [0.25, 0.3) is 0 Å². The highest BCUT2D eigenvalue weighted by Gasteiger charge is 2.32. The fourth-order valence-corrected chi connectivity index (χ4v) is 7.78. The molecule has 6 aromatic carbocycles. The second-order valence-electron chi connectivity index (χ2n) is 14.3. The highest BCUT2D eigenvalue weighted by Crippen LogP contribution is 2.44. The molecule has 8 bridgehead atoms. The maximum Gasteiger partial charge on any atom is 0.193 e. The number of carbonyl (C=O) groups excluding carboxylic acids is 1. The Balaban J connectivity index is 1.33. The average molecular weight is 715 g/mol. The van der Waals surface area contributed by atoms with Gasteiger partial charge in [0, 0.05) is 47.9 Å². The summed E-state index contributed by atoms with van der Waals surface area (Å²) in [5.41, 5.74) is 11.8. The Bertz CT molecular complexity index is 2270. The first kappa shape index (κ1) is 35.2. The minimum Gasteiger partial charge on any atom is -0.493 e. The molecule has 0 saturated carbocycles. The summed E-state index contributed by atoms with van der Waals surface area (Å²) in [6.45, 7) is 6.25. The molecule has 0 N–H and O–H groups in total. The predicted octanol–water partition coefficient (Wildman–Crippen LogP) is 10.6. The number of para-hydroxylation sites is 2. The van der Waals surface area contributed by atoms with E-state index in [-0.39, 0.29) is 5.78 Å². The van der Waals surface area contributed by atoms with Crippen molar-refractivity contribution in [3.63, 3.8) is 0 Å². The van der Waals surface area contributed by atoms with Crippen LogP contribution in [0.25, 0.3) is 0 Å². The zero-order valence-electron chi connectivity index (χ0n) is 31.2. The summed E-state index contributed by atoms with van der Waals surface area (Å²) in [6.07, 6.45) is 4.08. The molecule has 0 atom stereocenters. The summed E-state index contributed by atoms with van der Waals surface area (Å²) in [5.74, 6) is 3.33. The average Bonchev–Trinajstić information content (AvgIpc) is 3.20. The van der Waals surface area contributed by atoms with E-state index in [1.54, 1.807) is 0 Å². The van der Waals surface area contributed by atoms with Crippen molar-refractivity contribution < 1.29 is 23.7 Å². The van der Waals surface area contributed by atoms with Gasteiger partial charge in [-0.15, -0.1) is 0 Å². The highest BCUT2D eigenvalue weighted by molar-refractivity contribution is 6.13. The molecule has 272 valence electrons. The van der Waals surface area contributed by atoms with Gasteiger partial charge in [-0.3, -0.25) is 4.79 Å². The maximum atomic E-state index is 14.4. The Hall–Kier alpha value is -5.81. The standard InChI is InChI=1S/C49H46O5/c1-3-25-51-46-35-17-11-18-36(46)28-40-22-24-42-44(49(40)54-32-34-15-9-6-10-16-34)30-43-41(45(42)50)23-21-39(48(43)52-26-4-2)29-38-20-12-19-37(27-35)47(38)53-31-33-13-7-5-8-14-33/h5-24H,3-4,25-32H2,1-2H3. The van der Waals surface area contributed by atoms with Crippen LogP contribution >= 0.6 is 0 Å². The van der Waals surface area contributed by atoms with Crippen LogP contribution in [0, 0.1) is 0 Å². The number of benzene rings is 6. The van der Waals surface area contributed by atoms with Crippen LogP contribution in [0.1, 0.15) is 98.2 Å². The van der Waals surface area contributed by atoms with Gasteiger partial charge in [0.2, 0.25) is 0 Å². The van der Waals surface area contributed by atoms with Gasteiger partial charge >= 0.3 is 0 Å². The lowest BCUT2D eigenvalue weighted by molar-refractivity contribution is 0.103. The Labute approximate surface area is 318 Å². The van der Waals surface area contributed by atoms with E-state index in [9.17, 15) is 4.79 Å². The first-order valence-electron chi connectivity index (χ1n) is 19.3. The number of ether oxygens (including phenoxy) is 4. The summed E-state index contributed by atoms with van der Waals surface area (Å²) in [4.78, 5) is 14.4. The van der Waals surface area contributed by atoms with E-state index < -0.39 is 0 Å². The number of hydrogen-bond donors (Lipinski definition) is 0. The third kappa shape index (κ3) is 7.23. The van der Waals surface area contributed by atoms with E-state index >= 15 is 0 Å². The van der Waals surface area contributed by atoms with Crippen LogP contribution in [0.3, 0.4) is 0 Å². The largest absolute Gasteiger partial charge is 0.493 e. The van der Waals surface area contributed by atoms with Crippen molar-refractivity contribution in [2.24, 2.45) is 0 Å². The first-order valence-corrected chi connectivity index (χ1v) is 19.3. The van der Waals surface area contributed by atoms with Gasteiger partial charge < -0.3 is 18.9 Å². The topological polar surface area (TPSA) is 54.0 Å². The first-order chi connectivity index (χ1) is 26.6. The molecule has 0 radical (unpaired) electrons. The van der Waals surface area contributed by atoms with Gasteiger partial charge in [0.15, 0.2) is 5.78 Å². The van der Waals surface area contributed by atoms with E-state index in [4.69, 9.17) is 18.9 Å². The Morgan fingerprint density at radius 2 is 0.796 bits per heavy atom. The van der Waals surface area contributed by atoms with Crippen LogP contribution in [-0.4, -0.2) is 19.0 Å². The molecule has 0 unspecified atom stereocenters. The molecule has 5 heteroatoms. The molecule has 0 fully saturated rings. The van der Waals surface area contributed by atoms with Crippen molar-refractivity contribution in [2.45, 2.75) is 65.6 Å². The molecule has 0 spiro atoms. The van der Waals surface area contributed by atoms with Gasteiger partial charge in [-0.25, -0.2) is 0 Å². The zero-order chi connectivity index (χ0) is 36.9. The van der Waals surface area contributed by atoms with Crippen LogP contribution in [-0.2, 0) is 38.9 Å². The third-order valence-electron chi connectivity index (χ3n) is 10.4. The van der Waals surface area contributed by atoms with Crippen LogP contribution in [0.15, 0.2) is 121 Å². The van der Waals surface area contributed by atoms with Crippen molar-refractivity contribution in [1.82, 2.24) is 0 Å². The molecular formula is C49H46O5. The summed E-state index contributed by atoms with van der Waals surface area (Å²) < 4.78 is 26.9. The molecule has 5 nitrogen and oxygen atoms in total. The van der Waals surface area contributed by atoms with Crippen molar-refractivity contribution >= 4 is 5.78 Å². The second kappa shape index (κ2) is 16.1. The Morgan fingerprint density at radius 3 is 1.26 bits per heavy atom. The van der Waals surface area contributed by atoms with Crippen LogP contribution in [0.5, 0.6) is 23.0 Å². The lowest BCUT2D eigenvalue weighted by Crippen LogP contribution is -2.19. The Kier molecular flexibility index (Phi) is 10.5. The lowest BCUT2D eigenvalue weighted by Gasteiger charge is -2.27. The smallest absolute Gasteiger partial charge is 0.193 e. The van der Waals surface area contributed by atoms with Gasteiger partial charge in [-0.05, 0) is 57.3 Å². The third-order valence-corrected chi connectivity index (χ3v) is 10.4. The van der Waals surface area contributed by atoms with Gasteiger partial charge in [-0.1, -0.05) is 135 Å². The minimum atomic E-state index is -0.000720. The van der Waals surface area contributed by atoms with Crippen molar-refractivity contribution in [3.8, 4) is 23.0 Å². The molecule has 0 aromatic heterocycles. The molecule has 2 aliphatic carbocycles. The highest BCUT2D eigenvalue weighted by atomic mass is 16.5. The Morgan fingerprint density at radius 1 is 0.407 bits per heavy atom. The molecule has 6 aromatic rings. The number of carbonyl (C=O) groups is 1. The summed E-state index contributed by atoms with van der Waals surface area (Å²) >= 11 is 0. The van der Waals surface area contributed by atoms with E-state index in [1.807, 2.05) is 48.5 Å². The van der Waals surface area contributed by atoms with Gasteiger partial charge in [0.05, 0.1) is 13.2 Å². The molecule has 0 saturated heterocycles.